The van der Waals surface area contributed by atoms with E-state index in [4.69, 9.17) is 0 Å². The lowest BCUT2D eigenvalue weighted by Crippen LogP contribution is -2.30. The molecule has 9 nitrogen and oxygen atoms in total. The molecule has 0 spiro atoms. The van der Waals surface area contributed by atoms with Crippen molar-refractivity contribution in [3.05, 3.63) is 72.9 Å². The summed E-state index contributed by atoms with van der Waals surface area (Å²) in [5, 5.41) is 2.81. The number of carbonyl (C=O) groups is 1. The van der Waals surface area contributed by atoms with E-state index in [9.17, 15) is 19.2 Å². The molecule has 9 heteroatoms. The molecule has 0 radical (unpaired) electrons. The fourth-order valence-electron chi connectivity index (χ4n) is 3.94. The highest BCUT2D eigenvalue weighted by atomic mass is 16.2. The number of benzene rings is 1. The maximum Gasteiger partial charge on any atom is 0.329 e. The maximum atomic E-state index is 12.9. The molecule has 1 aliphatic rings. The molecule has 156 valence electrons. The largest absolute Gasteiger partial charge is 0.329 e. The highest BCUT2D eigenvalue weighted by Crippen LogP contribution is 2.28. The van der Waals surface area contributed by atoms with E-state index in [1.165, 1.54) is 17.7 Å². The molecule has 0 aliphatic carbocycles. The molecule has 0 saturated heterocycles. The van der Waals surface area contributed by atoms with E-state index in [-0.39, 0.29) is 18.1 Å². The van der Waals surface area contributed by atoms with Gasteiger partial charge in [0.1, 0.15) is 0 Å². The average Bonchev–Trinajstić information content (AvgIpc) is 2.95. The summed E-state index contributed by atoms with van der Waals surface area (Å²) in [6.07, 6.45) is 6.85. The molecule has 0 bridgehead atoms. The fourth-order valence-corrected chi connectivity index (χ4v) is 3.94. The van der Waals surface area contributed by atoms with Crippen molar-refractivity contribution in [2.75, 3.05) is 5.32 Å². The number of nitrogens with one attached hydrogen (secondary N) is 2. The Bertz CT molecular complexity index is 1350. The van der Waals surface area contributed by atoms with E-state index >= 15 is 0 Å². The summed E-state index contributed by atoms with van der Waals surface area (Å²) < 4.78 is 4.86. The van der Waals surface area contributed by atoms with Gasteiger partial charge < -0.3 is 5.32 Å². The number of imidazole rings is 1. The van der Waals surface area contributed by atoms with Gasteiger partial charge in [-0.05, 0) is 37.5 Å². The molecule has 30 heavy (non-hydrogen) atoms. The number of rotatable bonds is 5. The first-order chi connectivity index (χ1) is 14.3. The second-order valence-electron chi connectivity index (χ2n) is 7.53. The molecule has 2 N–H and O–H groups in total. The zero-order valence-electron chi connectivity index (χ0n) is 16.9. The van der Waals surface area contributed by atoms with E-state index in [0.717, 1.165) is 29.4 Å². The molecule has 2 aromatic heterocycles. The lowest BCUT2D eigenvalue weighted by Gasteiger charge is -2.15. The Hall–Kier alpha value is -3.62. The zero-order chi connectivity index (χ0) is 21.4. The molecule has 1 aromatic carbocycles. The lowest BCUT2D eigenvalue weighted by atomic mass is 10.0. The molecule has 1 aliphatic heterocycles. The van der Waals surface area contributed by atoms with Crippen molar-refractivity contribution in [3.63, 3.8) is 0 Å². The third-order valence-electron chi connectivity index (χ3n) is 5.29. The van der Waals surface area contributed by atoms with E-state index in [2.05, 4.69) is 10.3 Å². The zero-order valence-corrected chi connectivity index (χ0v) is 16.9. The summed E-state index contributed by atoms with van der Waals surface area (Å²) in [5.41, 5.74) is 2.93. The van der Waals surface area contributed by atoms with Crippen molar-refractivity contribution in [2.45, 2.75) is 46.3 Å². The molecule has 0 saturated carbocycles. The number of aryl methyl sites for hydroxylation is 3. The minimum Gasteiger partial charge on any atom is -0.326 e. The quantitative estimate of drug-likeness (QED) is 0.615. The van der Waals surface area contributed by atoms with Gasteiger partial charge in [-0.1, -0.05) is 12.2 Å². The summed E-state index contributed by atoms with van der Waals surface area (Å²) in [6.45, 7) is 4.38. The molecule has 3 aromatic rings. The number of aromatic amines is 1. The Morgan fingerprint density at radius 1 is 1.20 bits per heavy atom. The molecular formula is C21H23N5O4. The third-order valence-corrected chi connectivity index (χ3v) is 5.29. The smallest absolute Gasteiger partial charge is 0.326 e. The van der Waals surface area contributed by atoms with Crippen LogP contribution in [0.4, 0.5) is 5.69 Å². The van der Waals surface area contributed by atoms with Crippen molar-refractivity contribution >= 4 is 22.6 Å². The lowest BCUT2D eigenvalue weighted by molar-refractivity contribution is -0.114. The monoisotopic (exact) mass is 409 g/mol. The summed E-state index contributed by atoms with van der Waals surface area (Å²) in [7, 11) is 0. The van der Waals surface area contributed by atoms with Gasteiger partial charge in [-0.3, -0.25) is 28.3 Å². The van der Waals surface area contributed by atoms with Gasteiger partial charge in [-0.15, -0.1) is 0 Å². The van der Waals surface area contributed by atoms with Crippen LogP contribution < -0.4 is 22.3 Å². The van der Waals surface area contributed by atoms with Gasteiger partial charge in [0.25, 0.3) is 5.56 Å². The molecule has 4 rings (SSSR count). The van der Waals surface area contributed by atoms with Crippen LogP contribution in [0.3, 0.4) is 0 Å². The van der Waals surface area contributed by atoms with Crippen LogP contribution in [0.15, 0.2) is 44.9 Å². The first-order valence-electron chi connectivity index (χ1n) is 9.84. The van der Waals surface area contributed by atoms with Crippen LogP contribution in [-0.2, 0) is 30.8 Å². The highest BCUT2D eigenvalue weighted by molar-refractivity contribution is 5.93. The van der Waals surface area contributed by atoms with Crippen LogP contribution in [0.25, 0.3) is 11.0 Å². The second-order valence-corrected chi connectivity index (χ2v) is 7.53. The summed E-state index contributed by atoms with van der Waals surface area (Å²) in [4.78, 5) is 50.1. The normalized spacial score (nSPS) is 13.3. The average molecular weight is 409 g/mol. The van der Waals surface area contributed by atoms with Crippen LogP contribution >= 0.6 is 0 Å². The van der Waals surface area contributed by atoms with Crippen molar-refractivity contribution in [1.29, 1.82) is 0 Å². The van der Waals surface area contributed by atoms with Crippen molar-refractivity contribution in [2.24, 2.45) is 0 Å². The first kappa shape index (κ1) is 19.7. The van der Waals surface area contributed by atoms with Crippen molar-refractivity contribution < 1.29 is 4.79 Å². The standard InChI is InChI=1S/C21H23N5O4/c1-13-12-24(20(29)23-19(13)28)7-3-4-8-25-17-11-16(22-14(2)27)10-15-6-5-9-26(18(15)17)21(25)30/h3-4,10-12H,5-9H2,1-2H3,(H,22,27)(H,23,28,29)/b4-3+. The maximum absolute atomic E-state index is 12.9. The number of allylic oxidation sites excluding steroid dienone is 2. The molecule has 0 atom stereocenters. The number of anilines is 1. The van der Waals surface area contributed by atoms with E-state index < -0.39 is 11.2 Å². The Labute approximate surface area is 171 Å². The Morgan fingerprint density at radius 2 is 1.97 bits per heavy atom. The minimum atomic E-state index is -0.473. The van der Waals surface area contributed by atoms with Crippen LogP contribution in [-0.4, -0.2) is 24.6 Å². The van der Waals surface area contributed by atoms with E-state index in [1.54, 1.807) is 22.1 Å². The number of hydrogen-bond donors (Lipinski definition) is 2. The molecule has 0 fully saturated rings. The molecule has 0 unspecified atom stereocenters. The summed E-state index contributed by atoms with van der Waals surface area (Å²) in [6, 6.07) is 3.76. The van der Waals surface area contributed by atoms with Crippen molar-refractivity contribution in [1.82, 2.24) is 18.7 Å². The van der Waals surface area contributed by atoms with E-state index in [0.29, 0.717) is 24.3 Å². The van der Waals surface area contributed by atoms with E-state index in [1.807, 2.05) is 18.2 Å². The number of H-pyrrole nitrogens is 1. The fraction of sp³-hybridized carbons (Fsp3) is 0.333. The SMILES string of the molecule is CC(=O)Nc1cc2c3c(c1)n(C/C=C/Cn1cc(C)c(=O)[nH]c1=O)c(=O)n3CCC2. The number of nitrogens with zero attached hydrogens (tertiary/aromatic N) is 3. The highest BCUT2D eigenvalue weighted by Gasteiger charge is 2.20. The molecule has 3 heterocycles. The van der Waals surface area contributed by atoms with Gasteiger partial charge in [-0.25, -0.2) is 9.59 Å². The number of aromatic nitrogens is 4. The summed E-state index contributed by atoms with van der Waals surface area (Å²) >= 11 is 0. The second kappa shape index (κ2) is 7.66. The number of carbonyl (C=O) groups excluding carboxylic acids is 1. The van der Waals surface area contributed by atoms with Crippen molar-refractivity contribution in [3.8, 4) is 0 Å². The predicted molar refractivity (Wildman–Crippen MR) is 114 cm³/mol. The number of hydrogen-bond acceptors (Lipinski definition) is 4. The van der Waals surface area contributed by atoms with Crippen LogP contribution in [0.2, 0.25) is 0 Å². The Morgan fingerprint density at radius 3 is 2.73 bits per heavy atom. The van der Waals surface area contributed by atoms with Gasteiger partial charge in [-0.2, -0.15) is 0 Å². The van der Waals surface area contributed by atoms with Gasteiger partial charge in [0.15, 0.2) is 0 Å². The Balaban J connectivity index is 1.66. The molecular weight excluding hydrogens is 386 g/mol. The van der Waals surface area contributed by atoms with Crippen LogP contribution in [0, 0.1) is 6.92 Å². The van der Waals surface area contributed by atoms with Gasteiger partial charge in [0, 0.05) is 44.0 Å². The first-order valence-corrected chi connectivity index (χ1v) is 9.84. The topological polar surface area (TPSA) is 111 Å². The van der Waals surface area contributed by atoms with Crippen LogP contribution in [0.1, 0.15) is 24.5 Å². The summed E-state index contributed by atoms with van der Waals surface area (Å²) in [5.74, 6) is -0.160. The third kappa shape index (κ3) is 3.54. The van der Waals surface area contributed by atoms with Gasteiger partial charge in [0.2, 0.25) is 5.91 Å². The Kier molecular flexibility index (Phi) is 5.03. The van der Waals surface area contributed by atoms with Crippen LogP contribution in [0.5, 0.6) is 0 Å². The van der Waals surface area contributed by atoms with Gasteiger partial charge >= 0.3 is 11.4 Å². The van der Waals surface area contributed by atoms with Gasteiger partial charge in [0.05, 0.1) is 11.0 Å². The molecule has 1 amide bonds. The number of amides is 1. The minimum absolute atomic E-state index is 0.0902. The predicted octanol–water partition coefficient (Wildman–Crippen LogP) is 1.12.